The molecule has 0 radical (unpaired) electrons. The highest BCUT2D eigenvalue weighted by Crippen LogP contribution is 1.91. The van der Waals surface area contributed by atoms with Crippen molar-refractivity contribution in [1.82, 2.24) is 10.2 Å². The van der Waals surface area contributed by atoms with Crippen molar-refractivity contribution >= 4 is 5.90 Å². The minimum absolute atomic E-state index is 0.104. The molecule has 0 amide bonds. The molecule has 0 aliphatic heterocycles. The van der Waals surface area contributed by atoms with Gasteiger partial charge in [-0.1, -0.05) is 0 Å². The predicted octanol–water partition coefficient (Wildman–Crippen LogP) is 0.381. The third kappa shape index (κ3) is 1.07. The maximum Gasteiger partial charge on any atom is 0.231 e. The number of hydrogen-bond acceptors (Lipinski definition) is 3. The van der Waals surface area contributed by atoms with Crippen molar-refractivity contribution in [2.45, 2.75) is 0 Å². The Balaban J connectivity index is 2.77. The minimum Gasteiger partial charge on any atom is -0.480 e. The quantitative estimate of drug-likeness (QED) is 0.421. The van der Waals surface area contributed by atoms with Crippen molar-refractivity contribution in [3.8, 4) is 0 Å². The van der Waals surface area contributed by atoms with Gasteiger partial charge in [0.25, 0.3) is 0 Å². The first kappa shape index (κ1) is 5.81. The summed E-state index contributed by atoms with van der Waals surface area (Å²) in [4.78, 5) is 0. The van der Waals surface area contributed by atoms with Crippen molar-refractivity contribution < 1.29 is 4.74 Å². The Labute approximate surface area is 52.4 Å². The molecule has 0 aliphatic carbocycles. The summed E-state index contributed by atoms with van der Waals surface area (Å²) in [6.45, 7) is 0. The Kier molecular flexibility index (Phi) is 1.48. The summed E-state index contributed by atoms with van der Waals surface area (Å²) in [7, 11) is 1.45. The van der Waals surface area contributed by atoms with Gasteiger partial charge in [-0.25, -0.2) is 0 Å². The average Bonchev–Trinajstić information content (AvgIpc) is 2.37. The van der Waals surface area contributed by atoms with Crippen LogP contribution in [-0.2, 0) is 4.74 Å². The number of nitrogens with one attached hydrogen (secondary N) is 2. The van der Waals surface area contributed by atoms with E-state index in [1.165, 1.54) is 7.11 Å². The van der Waals surface area contributed by atoms with E-state index in [1.54, 1.807) is 12.3 Å². The van der Waals surface area contributed by atoms with E-state index in [4.69, 9.17) is 5.41 Å². The first-order valence-electron chi connectivity index (χ1n) is 2.47. The highest BCUT2D eigenvalue weighted by Gasteiger charge is 1.98. The summed E-state index contributed by atoms with van der Waals surface area (Å²) in [5, 5.41) is 13.3. The SMILES string of the molecule is COC(=N)c1ccn[nH]1. The summed E-state index contributed by atoms with van der Waals surface area (Å²) in [6, 6.07) is 1.67. The number of aromatic amines is 1. The molecule has 0 aromatic carbocycles. The average molecular weight is 125 g/mol. The lowest BCUT2D eigenvalue weighted by Gasteiger charge is -1.94. The Hall–Kier alpha value is -1.32. The van der Waals surface area contributed by atoms with Gasteiger partial charge < -0.3 is 4.74 Å². The van der Waals surface area contributed by atoms with Crippen LogP contribution in [0.4, 0.5) is 0 Å². The number of methoxy groups -OCH3 is 1. The van der Waals surface area contributed by atoms with Crippen LogP contribution in [0, 0.1) is 5.41 Å². The number of ether oxygens (including phenoxy) is 1. The van der Waals surface area contributed by atoms with E-state index < -0.39 is 0 Å². The summed E-state index contributed by atoms with van der Waals surface area (Å²) in [6.07, 6.45) is 1.57. The minimum atomic E-state index is 0.104. The molecule has 1 heterocycles. The fourth-order valence-corrected chi connectivity index (χ4v) is 0.492. The van der Waals surface area contributed by atoms with Crippen molar-refractivity contribution in [2.75, 3.05) is 7.11 Å². The van der Waals surface area contributed by atoms with Gasteiger partial charge in [0.05, 0.1) is 7.11 Å². The summed E-state index contributed by atoms with van der Waals surface area (Å²) < 4.78 is 4.61. The smallest absolute Gasteiger partial charge is 0.231 e. The van der Waals surface area contributed by atoms with E-state index in [-0.39, 0.29) is 5.90 Å². The first-order valence-corrected chi connectivity index (χ1v) is 2.47. The van der Waals surface area contributed by atoms with E-state index in [9.17, 15) is 0 Å². The van der Waals surface area contributed by atoms with Crippen molar-refractivity contribution in [2.24, 2.45) is 0 Å². The topological polar surface area (TPSA) is 61.8 Å². The molecule has 0 atom stereocenters. The number of aromatic nitrogens is 2. The van der Waals surface area contributed by atoms with Crippen LogP contribution in [0.25, 0.3) is 0 Å². The Morgan fingerprint density at radius 3 is 3.11 bits per heavy atom. The summed E-state index contributed by atoms with van der Waals surface area (Å²) in [5.74, 6) is 0.104. The van der Waals surface area contributed by atoms with E-state index >= 15 is 0 Å². The van der Waals surface area contributed by atoms with Gasteiger partial charge in [-0.3, -0.25) is 10.5 Å². The number of rotatable bonds is 1. The van der Waals surface area contributed by atoms with E-state index in [1.807, 2.05) is 0 Å². The molecule has 0 spiro atoms. The van der Waals surface area contributed by atoms with E-state index in [0.29, 0.717) is 5.69 Å². The lowest BCUT2D eigenvalue weighted by atomic mass is 10.4. The molecule has 4 nitrogen and oxygen atoms in total. The van der Waals surface area contributed by atoms with Gasteiger partial charge in [-0.05, 0) is 6.07 Å². The fraction of sp³-hybridized carbons (Fsp3) is 0.200. The molecular weight excluding hydrogens is 118 g/mol. The molecule has 0 saturated carbocycles. The molecule has 4 heteroatoms. The Morgan fingerprint density at radius 2 is 2.67 bits per heavy atom. The molecule has 48 valence electrons. The normalized spacial score (nSPS) is 9.00. The zero-order chi connectivity index (χ0) is 6.69. The molecule has 9 heavy (non-hydrogen) atoms. The number of H-pyrrole nitrogens is 1. The van der Waals surface area contributed by atoms with Gasteiger partial charge in [0.15, 0.2) is 0 Å². The van der Waals surface area contributed by atoms with Crippen molar-refractivity contribution in [1.29, 1.82) is 5.41 Å². The molecule has 1 rings (SSSR count). The second kappa shape index (κ2) is 2.30. The third-order valence-corrected chi connectivity index (χ3v) is 0.949. The zero-order valence-electron chi connectivity index (χ0n) is 5.01. The highest BCUT2D eigenvalue weighted by molar-refractivity contribution is 5.89. The molecule has 0 fully saturated rings. The summed E-state index contributed by atoms with van der Waals surface area (Å²) >= 11 is 0. The molecule has 1 aromatic heterocycles. The van der Waals surface area contributed by atoms with Gasteiger partial charge in [0, 0.05) is 6.20 Å². The van der Waals surface area contributed by atoms with Crippen molar-refractivity contribution in [3.63, 3.8) is 0 Å². The van der Waals surface area contributed by atoms with Gasteiger partial charge in [-0.2, -0.15) is 5.10 Å². The van der Waals surface area contributed by atoms with Crippen LogP contribution in [-0.4, -0.2) is 23.2 Å². The second-order valence-electron chi connectivity index (χ2n) is 1.50. The van der Waals surface area contributed by atoms with Crippen molar-refractivity contribution in [3.05, 3.63) is 18.0 Å². The second-order valence-corrected chi connectivity index (χ2v) is 1.50. The fourth-order valence-electron chi connectivity index (χ4n) is 0.492. The standard InChI is InChI=1S/C5H7N3O/c1-9-5(6)4-2-3-7-8-4/h2-3,6H,1H3,(H,7,8). The predicted molar refractivity (Wildman–Crippen MR) is 32.4 cm³/mol. The Morgan fingerprint density at radius 1 is 1.89 bits per heavy atom. The molecule has 0 saturated heterocycles. The third-order valence-electron chi connectivity index (χ3n) is 0.949. The van der Waals surface area contributed by atoms with Gasteiger partial charge in [0.1, 0.15) is 5.69 Å². The summed E-state index contributed by atoms with van der Waals surface area (Å²) in [5.41, 5.74) is 0.595. The van der Waals surface area contributed by atoms with Crippen LogP contribution in [0.1, 0.15) is 5.69 Å². The van der Waals surface area contributed by atoms with E-state index in [0.717, 1.165) is 0 Å². The van der Waals surface area contributed by atoms with Crippen LogP contribution < -0.4 is 0 Å². The number of nitrogens with zero attached hydrogens (tertiary/aromatic N) is 1. The highest BCUT2D eigenvalue weighted by atomic mass is 16.5. The molecule has 0 bridgehead atoms. The number of hydrogen-bond donors (Lipinski definition) is 2. The monoisotopic (exact) mass is 125 g/mol. The van der Waals surface area contributed by atoms with Crippen LogP contribution in [0.2, 0.25) is 0 Å². The lowest BCUT2D eigenvalue weighted by Crippen LogP contribution is -2.00. The van der Waals surface area contributed by atoms with E-state index in [2.05, 4.69) is 14.9 Å². The van der Waals surface area contributed by atoms with Crippen LogP contribution >= 0.6 is 0 Å². The molecule has 0 aliphatic rings. The van der Waals surface area contributed by atoms with Crippen LogP contribution in [0.5, 0.6) is 0 Å². The molecule has 1 aromatic rings. The van der Waals surface area contributed by atoms with Gasteiger partial charge in [-0.15, -0.1) is 0 Å². The maximum atomic E-state index is 7.10. The molecule has 2 N–H and O–H groups in total. The molecular formula is C5H7N3O. The van der Waals surface area contributed by atoms with Gasteiger partial charge in [0.2, 0.25) is 5.90 Å². The molecule has 0 unspecified atom stereocenters. The van der Waals surface area contributed by atoms with Crippen LogP contribution in [0.15, 0.2) is 12.3 Å². The van der Waals surface area contributed by atoms with Crippen LogP contribution in [0.3, 0.4) is 0 Å². The zero-order valence-corrected chi connectivity index (χ0v) is 5.01. The maximum absolute atomic E-state index is 7.10. The lowest BCUT2D eigenvalue weighted by molar-refractivity contribution is 0.399. The van der Waals surface area contributed by atoms with Gasteiger partial charge >= 0.3 is 0 Å². The largest absolute Gasteiger partial charge is 0.480 e. The Bertz CT molecular complexity index is 192. The first-order chi connectivity index (χ1) is 4.34.